The van der Waals surface area contributed by atoms with Gasteiger partial charge in [0.1, 0.15) is 6.10 Å². The van der Waals surface area contributed by atoms with Crippen LogP contribution in [0.3, 0.4) is 0 Å². The topological polar surface area (TPSA) is 49.8 Å². The van der Waals surface area contributed by atoms with Crippen LogP contribution >= 0.6 is 0 Å². The van der Waals surface area contributed by atoms with Gasteiger partial charge >= 0.3 is 0 Å². The monoisotopic (exact) mass is 387 g/mol. The van der Waals surface area contributed by atoms with Crippen molar-refractivity contribution in [1.82, 2.24) is 4.90 Å². The third-order valence-corrected chi connectivity index (χ3v) is 5.40. The van der Waals surface area contributed by atoms with Crippen LogP contribution in [0, 0.1) is 0 Å². The summed E-state index contributed by atoms with van der Waals surface area (Å²) in [4.78, 5) is 14.6. The lowest BCUT2D eigenvalue weighted by Gasteiger charge is -2.32. The number of amides is 1. The minimum atomic E-state index is -0.813. The lowest BCUT2D eigenvalue weighted by atomic mass is 9.98. The Morgan fingerprint density at radius 3 is 2.03 bits per heavy atom. The van der Waals surface area contributed by atoms with E-state index in [9.17, 15) is 9.90 Å². The fraction of sp³-hybridized carbons (Fsp3) is 0.240. The fourth-order valence-electron chi connectivity index (χ4n) is 3.91. The van der Waals surface area contributed by atoms with Crippen LogP contribution in [-0.2, 0) is 22.7 Å². The quantitative estimate of drug-likeness (QED) is 0.664. The molecule has 0 unspecified atom stereocenters. The summed E-state index contributed by atoms with van der Waals surface area (Å²) < 4.78 is 6.16. The molecule has 1 N–H and O–H groups in total. The number of hydrogen-bond donors (Lipinski definition) is 1. The molecule has 3 atom stereocenters. The molecule has 1 heterocycles. The number of carbonyl (C=O) groups excluding carboxylic acids is 1. The molecule has 4 nitrogen and oxygen atoms in total. The van der Waals surface area contributed by atoms with E-state index in [1.165, 1.54) is 0 Å². The molecular formula is C25H25NO3. The summed E-state index contributed by atoms with van der Waals surface area (Å²) in [6, 6.07) is 28.8. The van der Waals surface area contributed by atoms with Crippen molar-refractivity contribution in [2.24, 2.45) is 0 Å². The van der Waals surface area contributed by atoms with E-state index in [1.54, 1.807) is 4.90 Å². The van der Waals surface area contributed by atoms with E-state index in [4.69, 9.17) is 4.74 Å². The van der Waals surface area contributed by atoms with Crippen LogP contribution in [0.25, 0.3) is 0 Å². The van der Waals surface area contributed by atoms with Crippen LogP contribution in [0.2, 0.25) is 0 Å². The Balaban J connectivity index is 1.58. The van der Waals surface area contributed by atoms with Crippen LogP contribution in [0.1, 0.15) is 29.2 Å². The summed E-state index contributed by atoms with van der Waals surface area (Å²) in [5, 5.41) is 11.2. The first-order valence-electron chi connectivity index (χ1n) is 9.94. The van der Waals surface area contributed by atoms with Crippen molar-refractivity contribution in [2.45, 2.75) is 37.8 Å². The Hall–Kier alpha value is -2.95. The van der Waals surface area contributed by atoms with Crippen LogP contribution in [0.5, 0.6) is 0 Å². The standard InChI is InChI=1S/C25H25NO3/c27-23-16-22(29-18-20-12-6-2-7-13-20)24(25(28)21-14-8-3-9-15-21)26(23)17-19-10-4-1-5-11-19/h1-15,22,24-25,28H,16-18H2/t22-,24-,25+/m0/s1. The number of aliphatic hydroxyl groups is 1. The summed E-state index contributed by atoms with van der Waals surface area (Å²) in [5.74, 6) is 0.00639. The van der Waals surface area contributed by atoms with Crippen LogP contribution in [0.4, 0.5) is 0 Å². The molecular weight excluding hydrogens is 362 g/mol. The van der Waals surface area contributed by atoms with Crippen molar-refractivity contribution in [2.75, 3.05) is 0 Å². The number of likely N-dealkylation sites (tertiary alicyclic amines) is 1. The van der Waals surface area contributed by atoms with E-state index < -0.39 is 12.1 Å². The van der Waals surface area contributed by atoms with Crippen LogP contribution < -0.4 is 0 Å². The third kappa shape index (κ3) is 4.56. The molecule has 0 radical (unpaired) electrons. The highest BCUT2D eigenvalue weighted by atomic mass is 16.5. The van der Waals surface area contributed by atoms with Gasteiger partial charge < -0.3 is 14.7 Å². The lowest BCUT2D eigenvalue weighted by Crippen LogP contribution is -2.42. The van der Waals surface area contributed by atoms with E-state index in [1.807, 2.05) is 91.0 Å². The second-order valence-corrected chi connectivity index (χ2v) is 7.39. The van der Waals surface area contributed by atoms with Gasteiger partial charge in [0, 0.05) is 6.54 Å². The predicted molar refractivity (Wildman–Crippen MR) is 112 cm³/mol. The Morgan fingerprint density at radius 2 is 1.41 bits per heavy atom. The molecule has 3 aromatic rings. The average molecular weight is 387 g/mol. The zero-order valence-corrected chi connectivity index (χ0v) is 16.2. The van der Waals surface area contributed by atoms with Gasteiger partial charge in [-0.15, -0.1) is 0 Å². The largest absolute Gasteiger partial charge is 0.386 e. The highest BCUT2D eigenvalue weighted by molar-refractivity contribution is 5.80. The molecule has 1 fully saturated rings. The molecule has 3 aromatic carbocycles. The maximum Gasteiger partial charge on any atom is 0.226 e. The van der Waals surface area contributed by atoms with Crippen molar-refractivity contribution in [3.05, 3.63) is 108 Å². The third-order valence-electron chi connectivity index (χ3n) is 5.40. The molecule has 1 aliphatic rings. The molecule has 0 aliphatic carbocycles. The number of nitrogens with zero attached hydrogens (tertiary/aromatic N) is 1. The fourth-order valence-corrected chi connectivity index (χ4v) is 3.91. The first kappa shape index (κ1) is 19.4. The average Bonchev–Trinajstić information content (AvgIpc) is 3.09. The molecule has 148 valence electrons. The summed E-state index contributed by atoms with van der Waals surface area (Å²) in [6.07, 6.45) is -0.914. The molecule has 4 heteroatoms. The van der Waals surface area contributed by atoms with Crippen molar-refractivity contribution in [1.29, 1.82) is 0 Å². The number of ether oxygens (including phenoxy) is 1. The Morgan fingerprint density at radius 1 is 0.862 bits per heavy atom. The second kappa shape index (κ2) is 9.03. The van der Waals surface area contributed by atoms with Gasteiger partial charge in [0.25, 0.3) is 0 Å². The first-order valence-corrected chi connectivity index (χ1v) is 9.94. The van der Waals surface area contributed by atoms with Crippen molar-refractivity contribution in [3.8, 4) is 0 Å². The number of hydrogen-bond acceptors (Lipinski definition) is 3. The minimum Gasteiger partial charge on any atom is -0.386 e. The summed E-state index contributed by atoms with van der Waals surface area (Å²) >= 11 is 0. The van der Waals surface area contributed by atoms with E-state index in [-0.39, 0.29) is 18.4 Å². The number of benzene rings is 3. The van der Waals surface area contributed by atoms with Crippen molar-refractivity contribution < 1.29 is 14.6 Å². The van der Waals surface area contributed by atoms with E-state index in [2.05, 4.69) is 0 Å². The van der Waals surface area contributed by atoms with E-state index in [0.29, 0.717) is 13.2 Å². The Labute approximate surface area is 171 Å². The van der Waals surface area contributed by atoms with Gasteiger partial charge in [-0.25, -0.2) is 0 Å². The van der Waals surface area contributed by atoms with Gasteiger partial charge in [0.15, 0.2) is 0 Å². The Kier molecular flexibility index (Phi) is 6.03. The van der Waals surface area contributed by atoms with Gasteiger partial charge in [-0.2, -0.15) is 0 Å². The summed E-state index contributed by atoms with van der Waals surface area (Å²) in [7, 11) is 0. The molecule has 0 aromatic heterocycles. The number of carbonyl (C=O) groups is 1. The highest BCUT2D eigenvalue weighted by Crippen LogP contribution is 2.34. The molecule has 1 aliphatic heterocycles. The lowest BCUT2D eigenvalue weighted by molar-refractivity contribution is -0.131. The molecule has 0 saturated carbocycles. The van der Waals surface area contributed by atoms with Crippen LogP contribution in [0.15, 0.2) is 91.0 Å². The number of aliphatic hydroxyl groups excluding tert-OH is 1. The SMILES string of the molecule is O=C1C[C@H](OCc2ccccc2)[C@@H]([C@H](O)c2ccccc2)N1Cc1ccccc1. The zero-order chi connectivity index (χ0) is 20.1. The number of rotatable bonds is 7. The predicted octanol–water partition coefficient (Wildman–Crippen LogP) is 4.11. The van der Waals surface area contributed by atoms with Crippen molar-refractivity contribution in [3.63, 3.8) is 0 Å². The summed E-state index contributed by atoms with van der Waals surface area (Å²) in [6.45, 7) is 0.870. The Bertz CT molecular complexity index is 915. The minimum absolute atomic E-state index is 0.00639. The van der Waals surface area contributed by atoms with Crippen molar-refractivity contribution >= 4 is 5.91 Å². The smallest absolute Gasteiger partial charge is 0.226 e. The van der Waals surface area contributed by atoms with Gasteiger partial charge in [-0.05, 0) is 16.7 Å². The zero-order valence-electron chi connectivity index (χ0n) is 16.2. The molecule has 0 spiro atoms. The van der Waals surface area contributed by atoms with E-state index in [0.717, 1.165) is 16.7 Å². The molecule has 1 amide bonds. The van der Waals surface area contributed by atoms with Gasteiger partial charge in [-0.1, -0.05) is 91.0 Å². The second-order valence-electron chi connectivity index (χ2n) is 7.39. The maximum atomic E-state index is 12.9. The maximum absolute atomic E-state index is 12.9. The van der Waals surface area contributed by atoms with E-state index >= 15 is 0 Å². The normalized spacial score (nSPS) is 20.0. The highest BCUT2D eigenvalue weighted by Gasteiger charge is 2.44. The van der Waals surface area contributed by atoms with Gasteiger partial charge in [0.05, 0.1) is 25.2 Å². The van der Waals surface area contributed by atoms with Crippen LogP contribution in [-0.4, -0.2) is 28.1 Å². The molecule has 4 rings (SSSR count). The molecule has 0 bridgehead atoms. The molecule has 1 saturated heterocycles. The first-order chi connectivity index (χ1) is 14.2. The van der Waals surface area contributed by atoms with Gasteiger partial charge in [-0.3, -0.25) is 4.79 Å². The summed E-state index contributed by atoms with van der Waals surface area (Å²) in [5.41, 5.74) is 2.88. The van der Waals surface area contributed by atoms with Gasteiger partial charge in [0.2, 0.25) is 5.91 Å². The molecule has 29 heavy (non-hydrogen) atoms.